The van der Waals surface area contributed by atoms with Gasteiger partial charge in [0.2, 0.25) is 0 Å². The van der Waals surface area contributed by atoms with Crippen molar-refractivity contribution >= 4 is 27.5 Å². The molecule has 1 atom stereocenters. The molecule has 96 valence electrons. The summed E-state index contributed by atoms with van der Waals surface area (Å²) in [5.74, 6) is 0. The third kappa shape index (κ3) is 4.87. The van der Waals surface area contributed by atoms with Crippen LogP contribution in [0.15, 0.2) is 22.7 Å². The molecule has 1 aromatic rings. The first-order chi connectivity index (χ1) is 8.02. The van der Waals surface area contributed by atoms with Gasteiger partial charge in [-0.1, -0.05) is 33.6 Å². The van der Waals surface area contributed by atoms with E-state index in [0.717, 1.165) is 0 Å². The van der Waals surface area contributed by atoms with E-state index in [9.17, 15) is 13.9 Å². The fourth-order valence-corrected chi connectivity index (χ4v) is 2.39. The molecule has 17 heavy (non-hydrogen) atoms. The maximum atomic E-state index is 11.8. The Hall–Kier alpha value is -0.230. The van der Waals surface area contributed by atoms with Crippen LogP contribution in [0.3, 0.4) is 0 Å². The van der Waals surface area contributed by atoms with E-state index in [1.54, 1.807) is 18.2 Å². The van der Waals surface area contributed by atoms with Gasteiger partial charge in [0.25, 0.3) is 6.43 Å². The molecule has 0 fully saturated rings. The van der Waals surface area contributed by atoms with Crippen LogP contribution < -0.4 is 0 Å². The average molecular weight is 330 g/mol. The van der Waals surface area contributed by atoms with Crippen LogP contribution in [0.4, 0.5) is 8.78 Å². The number of aliphatic hydroxyl groups excluding tert-OH is 1. The quantitative estimate of drug-likeness (QED) is 0.804. The SMILES string of the molecule is OC(CCOCC(F)F)c1c(Cl)cccc1Br. The molecule has 0 aliphatic rings. The van der Waals surface area contributed by atoms with Gasteiger partial charge in [-0.15, -0.1) is 0 Å². The first-order valence-electron chi connectivity index (χ1n) is 5.00. The van der Waals surface area contributed by atoms with Gasteiger partial charge in [0.15, 0.2) is 0 Å². The summed E-state index contributed by atoms with van der Waals surface area (Å²) >= 11 is 9.21. The molecule has 0 radical (unpaired) electrons. The van der Waals surface area contributed by atoms with Crippen molar-refractivity contribution in [2.24, 2.45) is 0 Å². The average Bonchev–Trinajstić information content (AvgIpc) is 2.24. The summed E-state index contributed by atoms with van der Waals surface area (Å²) in [5.41, 5.74) is 0.551. The molecule has 0 aromatic heterocycles. The predicted octanol–water partition coefficient (Wildman–Crippen LogP) is 3.81. The fraction of sp³-hybridized carbons (Fsp3) is 0.455. The lowest BCUT2D eigenvalue weighted by Crippen LogP contribution is -2.09. The van der Waals surface area contributed by atoms with E-state index in [-0.39, 0.29) is 13.0 Å². The number of benzene rings is 1. The van der Waals surface area contributed by atoms with E-state index < -0.39 is 19.1 Å². The van der Waals surface area contributed by atoms with Crippen molar-refractivity contribution in [2.75, 3.05) is 13.2 Å². The molecule has 6 heteroatoms. The molecule has 0 bridgehead atoms. The van der Waals surface area contributed by atoms with Crippen molar-refractivity contribution in [1.29, 1.82) is 0 Å². The maximum Gasteiger partial charge on any atom is 0.261 e. The second-order valence-electron chi connectivity index (χ2n) is 3.41. The number of alkyl halides is 2. The summed E-state index contributed by atoms with van der Waals surface area (Å²) in [5, 5.41) is 10.3. The van der Waals surface area contributed by atoms with Crippen molar-refractivity contribution in [2.45, 2.75) is 19.0 Å². The lowest BCUT2D eigenvalue weighted by atomic mass is 10.1. The summed E-state index contributed by atoms with van der Waals surface area (Å²) in [7, 11) is 0. The minimum Gasteiger partial charge on any atom is -0.388 e. The zero-order valence-electron chi connectivity index (χ0n) is 8.88. The van der Waals surface area contributed by atoms with Crippen molar-refractivity contribution in [1.82, 2.24) is 0 Å². The lowest BCUT2D eigenvalue weighted by Gasteiger charge is -2.14. The minimum absolute atomic E-state index is 0.0587. The maximum absolute atomic E-state index is 11.8. The van der Waals surface area contributed by atoms with Crippen molar-refractivity contribution in [3.05, 3.63) is 33.3 Å². The van der Waals surface area contributed by atoms with Gasteiger partial charge in [0.05, 0.1) is 6.10 Å². The second kappa shape index (κ2) is 7.26. The highest BCUT2D eigenvalue weighted by Crippen LogP contribution is 2.32. The van der Waals surface area contributed by atoms with Crippen LogP contribution in [0.25, 0.3) is 0 Å². The lowest BCUT2D eigenvalue weighted by molar-refractivity contribution is 0.00475. The van der Waals surface area contributed by atoms with E-state index >= 15 is 0 Å². The Labute approximate surface area is 112 Å². The first kappa shape index (κ1) is 14.8. The molecular formula is C11H12BrClF2O2. The van der Waals surface area contributed by atoms with E-state index in [4.69, 9.17) is 16.3 Å². The number of rotatable bonds is 6. The molecule has 0 saturated heterocycles. The molecule has 0 aliphatic carbocycles. The van der Waals surface area contributed by atoms with Crippen molar-refractivity contribution < 1.29 is 18.6 Å². The predicted molar refractivity (Wildman–Crippen MR) is 65.6 cm³/mol. The van der Waals surface area contributed by atoms with Gasteiger partial charge in [-0.05, 0) is 12.1 Å². The summed E-state index contributed by atoms with van der Waals surface area (Å²) in [6.45, 7) is -0.556. The van der Waals surface area contributed by atoms with Crippen LogP contribution in [0.5, 0.6) is 0 Å². The molecule has 1 unspecified atom stereocenters. The van der Waals surface area contributed by atoms with Gasteiger partial charge in [0.1, 0.15) is 6.61 Å². The van der Waals surface area contributed by atoms with Gasteiger partial charge >= 0.3 is 0 Å². The Bertz CT molecular complexity index is 343. The van der Waals surface area contributed by atoms with Crippen LogP contribution in [-0.2, 0) is 4.74 Å². The molecule has 0 spiro atoms. The van der Waals surface area contributed by atoms with E-state index in [1.807, 2.05) is 0 Å². The Balaban J connectivity index is 2.49. The third-order valence-corrected chi connectivity index (χ3v) is 3.13. The van der Waals surface area contributed by atoms with Crippen LogP contribution in [0.2, 0.25) is 5.02 Å². The Kier molecular flexibility index (Phi) is 6.33. The topological polar surface area (TPSA) is 29.5 Å². The largest absolute Gasteiger partial charge is 0.388 e. The molecule has 1 aromatic carbocycles. The highest BCUT2D eigenvalue weighted by atomic mass is 79.9. The molecule has 1 rings (SSSR count). The van der Waals surface area contributed by atoms with Gasteiger partial charge in [-0.25, -0.2) is 8.78 Å². The van der Waals surface area contributed by atoms with Crippen LogP contribution in [-0.4, -0.2) is 24.7 Å². The van der Waals surface area contributed by atoms with Crippen LogP contribution in [0.1, 0.15) is 18.1 Å². The van der Waals surface area contributed by atoms with Crippen LogP contribution in [0, 0.1) is 0 Å². The molecular weight excluding hydrogens is 317 g/mol. The number of aliphatic hydroxyl groups is 1. The molecule has 0 amide bonds. The molecule has 1 N–H and O–H groups in total. The van der Waals surface area contributed by atoms with Gasteiger partial charge in [-0.2, -0.15) is 0 Å². The molecule has 0 heterocycles. The fourth-order valence-electron chi connectivity index (χ4n) is 1.34. The second-order valence-corrected chi connectivity index (χ2v) is 4.67. The number of halogens is 4. The standard InChI is InChI=1S/C11H12BrClF2O2/c12-7-2-1-3-8(13)11(7)9(16)4-5-17-6-10(14)15/h1-3,9-10,16H,4-6H2. The summed E-state index contributed by atoms with van der Waals surface area (Å²) in [4.78, 5) is 0. The Morgan fingerprint density at radius 1 is 1.41 bits per heavy atom. The zero-order valence-corrected chi connectivity index (χ0v) is 11.2. The molecule has 2 nitrogen and oxygen atoms in total. The summed E-state index contributed by atoms with van der Waals surface area (Å²) < 4.78 is 29.0. The Morgan fingerprint density at radius 2 is 2.12 bits per heavy atom. The highest BCUT2D eigenvalue weighted by molar-refractivity contribution is 9.10. The first-order valence-corrected chi connectivity index (χ1v) is 6.17. The van der Waals surface area contributed by atoms with E-state index in [1.165, 1.54) is 0 Å². The van der Waals surface area contributed by atoms with Crippen molar-refractivity contribution in [3.8, 4) is 0 Å². The third-order valence-electron chi connectivity index (χ3n) is 2.11. The zero-order chi connectivity index (χ0) is 12.8. The van der Waals surface area contributed by atoms with Crippen molar-refractivity contribution in [3.63, 3.8) is 0 Å². The smallest absolute Gasteiger partial charge is 0.261 e. The monoisotopic (exact) mass is 328 g/mol. The van der Waals surface area contributed by atoms with Gasteiger partial charge in [0, 0.05) is 28.1 Å². The summed E-state index contributed by atoms with van der Waals surface area (Å²) in [6.07, 6.45) is -3.11. The van der Waals surface area contributed by atoms with E-state index in [0.29, 0.717) is 15.1 Å². The summed E-state index contributed by atoms with van der Waals surface area (Å²) in [6, 6.07) is 5.16. The molecule has 0 saturated carbocycles. The Morgan fingerprint density at radius 3 is 2.71 bits per heavy atom. The number of hydrogen-bond acceptors (Lipinski definition) is 2. The minimum atomic E-state index is -2.49. The number of ether oxygens (including phenoxy) is 1. The number of hydrogen-bond donors (Lipinski definition) is 1. The molecule has 0 aliphatic heterocycles. The van der Waals surface area contributed by atoms with Crippen LogP contribution >= 0.6 is 27.5 Å². The highest BCUT2D eigenvalue weighted by Gasteiger charge is 2.15. The van der Waals surface area contributed by atoms with Gasteiger partial charge < -0.3 is 9.84 Å². The van der Waals surface area contributed by atoms with Gasteiger partial charge in [-0.3, -0.25) is 0 Å². The normalized spacial score (nSPS) is 13.1. The van der Waals surface area contributed by atoms with E-state index in [2.05, 4.69) is 15.9 Å².